The standard InChI is InChI=1S/C18H13Cl2N3OS/c19-15-6-1-2-7-16(15)23-25-14-5-3-4-13(10-14)22-18(24)12-8-9-17(20)21-11-12/h1-11,23H,(H,22,24). The van der Waals surface area contributed by atoms with Crippen molar-refractivity contribution in [2.75, 3.05) is 10.0 Å². The van der Waals surface area contributed by atoms with Crippen molar-refractivity contribution < 1.29 is 4.79 Å². The van der Waals surface area contributed by atoms with Crippen LogP contribution in [0.1, 0.15) is 10.4 Å². The molecule has 0 aliphatic carbocycles. The molecule has 0 fully saturated rings. The molecule has 0 spiro atoms. The third-order valence-corrected chi connectivity index (χ3v) is 4.60. The molecule has 3 rings (SSSR count). The molecule has 3 aromatic rings. The van der Waals surface area contributed by atoms with Gasteiger partial charge in [0.25, 0.3) is 5.91 Å². The van der Waals surface area contributed by atoms with Crippen LogP contribution in [-0.4, -0.2) is 10.9 Å². The van der Waals surface area contributed by atoms with Crippen LogP contribution in [0.5, 0.6) is 0 Å². The van der Waals surface area contributed by atoms with Crippen LogP contribution in [0.4, 0.5) is 11.4 Å². The Labute approximate surface area is 159 Å². The van der Waals surface area contributed by atoms with E-state index in [-0.39, 0.29) is 5.91 Å². The lowest BCUT2D eigenvalue weighted by Crippen LogP contribution is -2.12. The summed E-state index contributed by atoms with van der Waals surface area (Å²) in [5.41, 5.74) is 1.96. The van der Waals surface area contributed by atoms with Crippen LogP contribution in [0.25, 0.3) is 0 Å². The van der Waals surface area contributed by atoms with Crippen LogP contribution in [0, 0.1) is 0 Å². The molecule has 0 bridgehead atoms. The second kappa shape index (κ2) is 8.25. The van der Waals surface area contributed by atoms with Crippen LogP contribution >= 0.6 is 35.1 Å². The average Bonchev–Trinajstić information content (AvgIpc) is 2.62. The average molecular weight is 390 g/mol. The van der Waals surface area contributed by atoms with E-state index in [9.17, 15) is 4.79 Å². The summed E-state index contributed by atoms with van der Waals surface area (Å²) in [5.74, 6) is -0.245. The Hall–Kier alpha value is -2.21. The largest absolute Gasteiger partial charge is 0.324 e. The summed E-state index contributed by atoms with van der Waals surface area (Å²) in [5, 5.41) is 3.83. The maximum absolute atomic E-state index is 12.2. The Bertz CT molecular complexity index is 887. The third-order valence-electron chi connectivity index (χ3n) is 3.23. The highest BCUT2D eigenvalue weighted by Gasteiger charge is 2.07. The zero-order valence-corrected chi connectivity index (χ0v) is 15.2. The number of carbonyl (C=O) groups is 1. The van der Waals surface area contributed by atoms with E-state index < -0.39 is 0 Å². The van der Waals surface area contributed by atoms with Gasteiger partial charge in [0, 0.05) is 16.8 Å². The fourth-order valence-corrected chi connectivity index (χ4v) is 3.10. The Balaban J connectivity index is 1.66. The summed E-state index contributed by atoms with van der Waals surface area (Å²) in [7, 11) is 0. The molecule has 1 amide bonds. The second-order valence-electron chi connectivity index (χ2n) is 5.04. The molecule has 7 heteroatoms. The van der Waals surface area contributed by atoms with E-state index in [1.54, 1.807) is 12.1 Å². The van der Waals surface area contributed by atoms with Crippen molar-refractivity contribution >= 4 is 52.4 Å². The number of benzene rings is 2. The zero-order valence-electron chi connectivity index (χ0n) is 12.9. The number of hydrogen-bond donors (Lipinski definition) is 2. The van der Waals surface area contributed by atoms with Crippen molar-refractivity contribution in [1.29, 1.82) is 0 Å². The van der Waals surface area contributed by atoms with Crippen molar-refractivity contribution in [1.82, 2.24) is 4.98 Å². The topological polar surface area (TPSA) is 54.0 Å². The molecular weight excluding hydrogens is 377 g/mol. The monoisotopic (exact) mass is 389 g/mol. The Kier molecular flexibility index (Phi) is 5.81. The van der Waals surface area contributed by atoms with Crippen LogP contribution in [0.3, 0.4) is 0 Å². The quantitative estimate of drug-likeness (QED) is 0.430. The molecule has 0 saturated carbocycles. The van der Waals surface area contributed by atoms with Gasteiger partial charge >= 0.3 is 0 Å². The molecule has 4 nitrogen and oxygen atoms in total. The Morgan fingerprint density at radius 2 is 1.84 bits per heavy atom. The van der Waals surface area contributed by atoms with Gasteiger partial charge in [-0.3, -0.25) is 4.79 Å². The summed E-state index contributed by atoms with van der Waals surface area (Å²) >= 11 is 13.3. The van der Waals surface area contributed by atoms with Crippen LogP contribution in [0.15, 0.2) is 71.8 Å². The van der Waals surface area contributed by atoms with Crippen molar-refractivity contribution in [3.63, 3.8) is 0 Å². The molecule has 0 radical (unpaired) electrons. The van der Waals surface area contributed by atoms with Gasteiger partial charge in [-0.15, -0.1) is 0 Å². The van der Waals surface area contributed by atoms with Gasteiger partial charge in [0.15, 0.2) is 0 Å². The summed E-state index contributed by atoms with van der Waals surface area (Å²) in [6.45, 7) is 0. The normalized spacial score (nSPS) is 10.3. The number of carbonyl (C=O) groups excluding carboxylic acids is 1. The first-order valence-corrected chi connectivity index (χ1v) is 8.89. The first-order chi connectivity index (χ1) is 12.1. The summed E-state index contributed by atoms with van der Waals surface area (Å²) in [4.78, 5) is 17.1. The van der Waals surface area contributed by atoms with Crippen molar-refractivity contribution in [2.45, 2.75) is 4.90 Å². The van der Waals surface area contributed by atoms with E-state index in [1.807, 2.05) is 48.5 Å². The minimum absolute atomic E-state index is 0.245. The minimum Gasteiger partial charge on any atom is -0.324 e. The molecule has 1 aromatic heterocycles. The first-order valence-electron chi connectivity index (χ1n) is 7.32. The fourth-order valence-electron chi connectivity index (χ4n) is 2.01. The SMILES string of the molecule is O=C(Nc1cccc(SNc2ccccc2Cl)c1)c1ccc(Cl)nc1. The number of nitrogens with one attached hydrogen (secondary N) is 2. The summed E-state index contributed by atoms with van der Waals surface area (Å²) in [6.07, 6.45) is 1.44. The molecule has 0 unspecified atom stereocenters. The molecule has 0 aliphatic rings. The highest BCUT2D eigenvalue weighted by atomic mass is 35.5. The lowest BCUT2D eigenvalue weighted by Gasteiger charge is -2.09. The molecule has 1 heterocycles. The molecular formula is C18H13Cl2N3OS. The molecule has 2 N–H and O–H groups in total. The van der Waals surface area contributed by atoms with Gasteiger partial charge in [-0.2, -0.15) is 0 Å². The first kappa shape index (κ1) is 17.6. The van der Waals surface area contributed by atoms with Gasteiger partial charge in [-0.1, -0.05) is 41.4 Å². The Morgan fingerprint density at radius 1 is 1.00 bits per heavy atom. The highest BCUT2D eigenvalue weighted by Crippen LogP contribution is 2.28. The molecule has 126 valence electrons. The molecule has 0 atom stereocenters. The number of nitrogens with zero attached hydrogens (tertiary/aromatic N) is 1. The zero-order chi connectivity index (χ0) is 17.6. The van der Waals surface area contributed by atoms with Crippen molar-refractivity contribution in [3.8, 4) is 0 Å². The maximum atomic E-state index is 12.2. The Morgan fingerprint density at radius 3 is 2.60 bits per heavy atom. The number of hydrogen-bond acceptors (Lipinski definition) is 4. The van der Waals surface area contributed by atoms with Gasteiger partial charge in [0.2, 0.25) is 0 Å². The summed E-state index contributed by atoms with van der Waals surface area (Å²) < 4.78 is 3.20. The van der Waals surface area contributed by atoms with E-state index in [0.29, 0.717) is 21.4 Å². The van der Waals surface area contributed by atoms with E-state index in [1.165, 1.54) is 18.1 Å². The number of aromatic nitrogens is 1. The minimum atomic E-state index is -0.245. The van der Waals surface area contributed by atoms with Crippen molar-refractivity contribution in [2.24, 2.45) is 0 Å². The molecule has 0 saturated heterocycles. The number of para-hydroxylation sites is 1. The van der Waals surface area contributed by atoms with Gasteiger partial charge in [0.05, 0.1) is 16.3 Å². The number of pyridine rings is 1. The lowest BCUT2D eigenvalue weighted by molar-refractivity contribution is 0.102. The van der Waals surface area contributed by atoms with Gasteiger partial charge < -0.3 is 10.0 Å². The highest BCUT2D eigenvalue weighted by molar-refractivity contribution is 8.00. The van der Waals surface area contributed by atoms with E-state index in [2.05, 4.69) is 15.0 Å². The molecule has 0 aliphatic heterocycles. The number of halogens is 2. The van der Waals surface area contributed by atoms with Crippen LogP contribution < -0.4 is 10.0 Å². The third kappa shape index (κ3) is 4.89. The van der Waals surface area contributed by atoms with Crippen molar-refractivity contribution in [3.05, 3.63) is 82.6 Å². The summed E-state index contributed by atoms with van der Waals surface area (Å²) in [6, 6.07) is 18.2. The molecule has 2 aromatic carbocycles. The molecule has 25 heavy (non-hydrogen) atoms. The maximum Gasteiger partial charge on any atom is 0.257 e. The van der Waals surface area contributed by atoms with Gasteiger partial charge in [-0.25, -0.2) is 4.98 Å². The van der Waals surface area contributed by atoms with Crippen LogP contribution in [-0.2, 0) is 0 Å². The van der Waals surface area contributed by atoms with E-state index in [0.717, 1.165) is 10.6 Å². The number of anilines is 2. The number of rotatable bonds is 5. The lowest BCUT2D eigenvalue weighted by atomic mass is 10.2. The van der Waals surface area contributed by atoms with E-state index >= 15 is 0 Å². The number of amides is 1. The predicted octanol–water partition coefficient (Wildman–Crippen LogP) is 5.76. The van der Waals surface area contributed by atoms with E-state index in [4.69, 9.17) is 23.2 Å². The fraction of sp³-hybridized carbons (Fsp3) is 0. The second-order valence-corrected chi connectivity index (χ2v) is 6.71. The van der Waals surface area contributed by atoms with Crippen LogP contribution in [0.2, 0.25) is 10.2 Å². The smallest absolute Gasteiger partial charge is 0.257 e. The predicted molar refractivity (Wildman–Crippen MR) is 105 cm³/mol. The van der Waals surface area contributed by atoms with Gasteiger partial charge in [0.1, 0.15) is 5.15 Å². The van der Waals surface area contributed by atoms with Gasteiger partial charge in [-0.05, 0) is 54.4 Å².